The molecule has 84 valence electrons. The van der Waals surface area contributed by atoms with Crippen LogP contribution < -0.4 is 0 Å². The maximum atomic E-state index is 11.7. The SMILES string of the molecule is O=C1CCCC=C1[C@H](O)C1CCCCC1. The van der Waals surface area contributed by atoms with Crippen LogP contribution in [-0.2, 0) is 4.79 Å². The van der Waals surface area contributed by atoms with Gasteiger partial charge >= 0.3 is 0 Å². The van der Waals surface area contributed by atoms with E-state index in [2.05, 4.69) is 0 Å². The van der Waals surface area contributed by atoms with Gasteiger partial charge in [0, 0.05) is 12.0 Å². The molecule has 0 saturated heterocycles. The van der Waals surface area contributed by atoms with Gasteiger partial charge in [-0.25, -0.2) is 0 Å². The van der Waals surface area contributed by atoms with Crippen molar-refractivity contribution in [2.24, 2.45) is 5.92 Å². The highest BCUT2D eigenvalue weighted by atomic mass is 16.3. The predicted molar refractivity (Wildman–Crippen MR) is 59.5 cm³/mol. The van der Waals surface area contributed by atoms with Crippen LogP contribution in [0.4, 0.5) is 0 Å². The third-order valence-electron chi connectivity index (χ3n) is 3.71. The van der Waals surface area contributed by atoms with Crippen LogP contribution in [0.25, 0.3) is 0 Å². The molecule has 0 aromatic heterocycles. The second-order valence-electron chi connectivity index (χ2n) is 4.82. The van der Waals surface area contributed by atoms with E-state index in [1.54, 1.807) is 0 Å². The second-order valence-corrected chi connectivity index (χ2v) is 4.82. The molecule has 0 aliphatic heterocycles. The number of allylic oxidation sites excluding steroid dienone is 1. The van der Waals surface area contributed by atoms with Gasteiger partial charge in [-0.3, -0.25) is 4.79 Å². The zero-order valence-electron chi connectivity index (χ0n) is 9.24. The summed E-state index contributed by atoms with van der Waals surface area (Å²) in [5.41, 5.74) is 0.716. The van der Waals surface area contributed by atoms with Crippen molar-refractivity contribution in [1.82, 2.24) is 0 Å². The Labute approximate surface area is 91.4 Å². The van der Waals surface area contributed by atoms with E-state index in [4.69, 9.17) is 0 Å². The van der Waals surface area contributed by atoms with Crippen molar-refractivity contribution >= 4 is 5.78 Å². The normalized spacial score (nSPS) is 26.2. The summed E-state index contributed by atoms with van der Waals surface area (Å²) in [6.07, 6.45) is 9.93. The van der Waals surface area contributed by atoms with Crippen molar-refractivity contribution in [3.63, 3.8) is 0 Å². The number of carbonyl (C=O) groups is 1. The van der Waals surface area contributed by atoms with Gasteiger partial charge in [-0.15, -0.1) is 0 Å². The molecule has 2 aliphatic rings. The van der Waals surface area contributed by atoms with Gasteiger partial charge in [0.25, 0.3) is 0 Å². The van der Waals surface area contributed by atoms with Gasteiger partial charge in [-0.05, 0) is 31.6 Å². The Balaban J connectivity index is 2.01. The number of carbonyl (C=O) groups excluding carboxylic acids is 1. The zero-order chi connectivity index (χ0) is 10.7. The molecule has 0 bridgehead atoms. The smallest absolute Gasteiger partial charge is 0.161 e. The second kappa shape index (κ2) is 4.93. The van der Waals surface area contributed by atoms with Crippen molar-refractivity contribution in [2.45, 2.75) is 57.5 Å². The minimum atomic E-state index is -0.474. The summed E-state index contributed by atoms with van der Waals surface area (Å²) in [5.74, 6) is 0.520. The molecule has 0 radical (unpaired) electrons. The number of Topliss-reactive ketones (excluding diaryl/α,β-unsaturated/α-hetero) is 1. The monoisotopic (exact) mass is 208 g/mol. The van der Waals surface area contributed by atoms with Crippen LogP contribution in [-0.4, -0.2) is 17.0 Å². The average molecular weight is 208 g/mol. The molecule has 1 fully saturated rings. The van der Waals surface area contributed by atoms with Crippen molar-refractivity contribution in [1.29, 1.82) is 0 Å². The molecule has 0 amide bonds. The maximum Gasteiger partial charge on any atom is 0.161 e. The maximum absolute atomic E-state index is 11.7. The molecule has 2 aliphatic carbocycles. The Bertz CT molecular complexity index is 262. The fraction of sp³-hybridized carbons (Fsp3) is 0.769. The molecule has 2 nitrogen and oxygen atoms in total. The number of hydrogen-bond acceptors (Lipinski definition) is 2. The van der Waals surface area contributed by atoms with E-state index >= 15 is 0 Å². The van der Waals surface area contributed by atoms with Crippen LogP contribution in [0.15, 0.2) is 11.6 Å². The minimum Gasteiger partial charge on any atom is -0.388 e. The number of aliphatic hydroxyl groups is 1. The van der Waals surface area contributed by atoms with E-state index in [0.717, 1.165) is 25.7 Å². The highest BCUT2D eigenvalue weighted by Gasteiger charge is 2.28. The molecule has 1 saturated carbocycles. The molecule has 1 N–H and O–H groups in total. The van der Waals surface area contributed by atoms with Crippen LogP contribution in [0.2, 0.25) is 0 Å². The fourth-order valence-corrected chi connectivity index (χ4v) is 2.77. The van der Waals surface area contributed by atoms with Gasteiger partial charge in [0.05, 0.1) is 6.10 Å². The van der Waals surface area contributed by atoms with Crippen molar-refractivity contribution < 1.29 is 9.90 Å². The lowest BCUT2D eigenvalue weighted by Crippen LogP contribution is -2.29. The molecule has 0 spiro atoms. The van der Waals surface area contributed by atoms with Crippen LogP contribution in [0.1, 0.15) is 51.4 Å². The summed E-state index contributed by atoms with van der Waals surface area (Å²) in [5, 5.41) is 10.2. The van der Waals surface area contributed by atoms with E-state index in [-0.39, 0.29) is 5.78 Å². The Morgan fingerprint density at radius 2 is 1.93 bits per heavy atom. The van der Waals surface area contributed by atoms with E-state index in [9.17, 15) is 9.90 Å². The molecular weight excluding hydrogens is 188 g/mol. The standard InChI is InChI=1S/C13H20O2/c14-12-9-5-4-8-11(12)13(15)10-6-2-1-3-7-10/h8,10,13,15H,1-7,9H2/t13-/m1/s1. The first-order valence-electron chi connectivity index (χ1n) is 6.20. The summed E-state index contributed by atoms with van der Waals surface area (Å²) in [4.78, 5) is 11.7. The van der Waals surface area contributed by atoms with E-state index in [0.29, 0.717) is 17.9 Å². The average Bonchev–Trinajstić information content (AvgIpc) is 2.30. The molecule has 2 heteroatoms. The first-order valence-corrected chi connectivity index (χ1v) is 6.20. The Morgan fingerprint density at radius 1 is 1.20 bits per heavy atom. The summed E-state index contributed by atoms with van der Waals surface area (Å²) in [6.45, 7) is 0. The topological polar surface area (TPSA) is 37.3 Å². The number of ketones is 1. The molecular formula is C13H20O2. The quantitative estimate of drug-likeness (QED) is 0.757. The molecule has 2 rings (SSSR count). The van der Waals surface area contributed by atoms with E-state index in [1.807, 2.05) is 6.08 Å². The van der Waals surface area contributed by atoms with Gasteiger partial charge in [-0.1, -0.05) is 25.3 Å². The highest BCUT2D eigenvalue weighted by Crippen LogP contribution is 2.31. The van der Waals surface area contributed by atoms with Gasteiger partial charge in [0.1, 0.15) is 0 Å². The van der Waals surface area contributed by atoms with Crippen LogP contribution >= 0.6 is 0 Å². The third kappa shape index (κ3) is 2.49. The highest BCUT2D eigenvalue weighted by molar-refractivity contribution is 5.96. The first-order chi connectivity index (χ1) is 7.29. The lowest BCUT2D eigenvalue weighted by atomic mass is 9.80. The van der Waals surface area contributed by atoms with Gasteiger partial charge in [-0.2, -0.15) is 0 Å². The minimum absolute atomic E-state index is 0.180. The summed E-state index contributed by atoms with van der Waals surface area (Å²) >= 11 is 0. The van der Waals surface area contributed by atoms with Gasteiger partial charge in [0.2, 0.25) is 0 Å². The summed E-state index contributed by atoms with van der Waals surface area (Å²) < 4.78 is 0. The molecule has 0 aromatic carbocycles. The number of aliphatic hydroxyl groups excluding tert-OH is 1. The number of hydrogen-bond donors (Lipinski definition) is 1. The lowest BCUT2D eigenvalue weighted by Gasteiger charge is -2.28. The third-order valence-corrected chi connectivity index (χ3v) is 3.71. The first kappa shape index (κ1) is 10.9. The lowest BCUT2D eigenvalue weighted by molar-refractivity contribution is -0.117. The van der Waals surface area contributed by atoms with Crippen LogP contribution in [0, 0.1) is 5.92 Å². The Kier molecular flexibility index (Phi) is 3.57. The summed E-state index contributed by atoms with van der Waals surface area (Å²) in [6, 6.07) is 0. The van der Waals surface area contributed by atoms with Crippen molar-refractivity contribution in [2.75, 3.05) is 0 Å². The van der Waals surface area contributed by atoms with Crippen LogP contribution in [0.3, 0.4) is 0 Å². The molecule has 1 atom stereocenters. The van der Waals surface area contributed by atoms with Gasteiger partial charge < -0.3 is 5.11 Å². The summed E-state index contributed by atoms with van der Waals surface area (Å²) in [7, 11) is 0. The molecule has 0 aromatic rings. The van der Waals surface area contributed by atoms with Gasteiger partial charge in [0.15, 0.2) is 5.78 Å². The largest absolute Gasteiger partial charge is 0.388 e. The van der Waals surface area contributed by atoms with Crippen molar-refractivity contribution in [3.05, 3.63) is 11.6 Å². The Hall–Kier alpha value is -0.630. The van der Waals surface area contributed by atoms with Crippen molar-refractivity contribution in [3.8, 4) is 0 Å². The Morgan fingerprint density at radius 3 is 2.60 bits per heavy atom. The zero-order valence-corrected chi connectivity index (χ0v) is 9.24. The number of rotatable bonds is 2. The molecule has 0 heterocycles. The van der Waals surface area contributed by atoms with Crippen LogP contribution in [0.5, 0.6) is 0 Å². The molecule has 15 heavy (non-hydrogen) atoms. The molecule has 0 unspecified atom stereocenters. The van der Waals surface area contributed by atoms with E-state index in [1.165, 1.54) is 19.3 Å². The fourth-order valence-electron chi connectivity index (χ4n) is 2.77. The predicted octanol–water partition coefficient (Wildman–Crippen LogP) is 2.61. The van der Waals surface area contributed by atoms with E-state index < -0.39 is 6.10 Å².